The summed E-state index contributed by atoms with van der Waals surface area (Å²) in [5, 5.41) is 10.7. The molecule has 130 valence electrons. The third kappa shape index (κ3) is 3.80. The van der Waals surface area contributed by atoms with Crippen LogP contribution in [0.4, 0.5) is 0 Å². The Morgan fingerprint density at radius 2 is 1.38 bits per heavy atom. The number of benzene rings is 2. The molecule has 24 heavy (non-hydrogen) atoms. The van der Waals surface area contributed by atoms with Crippen LogP contribution in [0.15, 0.2) is 60.7 Å². The van der Waals surface area contributed by atoms with Crippen molar-refractivity contribution in [3.05, 3.63) is 71.8 Å². The van der Waals surface area contributed by atoms with Gasteiger partial charge in [-0.1, -0.05) is 88.0 Å². The Kier molecular flexibility index (Phi) is 5.69. The quantitative estimate of drug-likeness (QED) is 0.743. The zero-order valence-corrected chi connectivity index (χ0v) is 16.5. The predicted octanol–water partition coefficient (Wildman–Crippen LogP) is 5.07. The standard InChI is InChI=1S/C21H30O2Si/c1-20(2,3)24(5,17-23-16-18-12-8-6-9-13-18)21(4,22)19-14-10-7-11-15-19/h6-15,22H,16-17H2,1-5H3/t21-,24+/m1/s1. The van der Waals surface area contributed by atoms with Crippen molar-refractivity contribution < 1.29 is 9.84 Å². The van der Waals surface area contributed by atoms with Gasteiger partial charge in [0.1, 0.15) is 8.07 Å². The summed E-state index contributed by atoms with van der Waals surface area (Å²) in [5.74, 6) is 0. The molecule has 0 aliphatic carbocycles. The average Bonchev–Trinajstić information content (AvgIpc) is 2.55. The molecule has 2 atom stereocenters. The van der Waals surface area contributed by atoms with Crippen LogP contribution in [-0.4, -0.2) is 19.4 Å². The van der Waals surface area contributed by atoms with Crippen molar-refractivity contribution in [1.82, 2.24) is 0 Å². The fraction of sp³-hybridized carbons (Fsp3) is 0.429. The van der Waals surface area contributed by atoms with E-state index in [0.717, 1.165) is 5.56 Å². The van der Waals surface area contributed by atoms with Gasteiger partial charge in [0.2, 0.25) is 0 Å². The SMILES string of the molecule is CC(C)(C)[Si@](C)(COCc1ccccc1)[C@@](C)(O)c1ccccc1. The van der Waals surface area contributed by atoms with Gasteiger partial charge < -0.3 is 9.84 Å². The fourth-order valence-corrected chi connectivity index (χ4v) is 6.60. The van der Waals surface area contributed by atoms with Gasteiger partial charge in [-0.2, -0.15) is 0 Å². The maximum atomic E-state index is 11.5. The van der Waals surface area contributed by atoms with Crippen LogP contribution in [0.5, 0.6) is 0 Å². The maximum absolute atomic E-state index is 11.5. The summed E-state index contributed by atoms with van der Waals surface area (Å²) >= 11 is 0. The van der Waals surface area contributed by atoms with Crippen LogP contribution in [0.3, 0.4) is 0 Å². The van der Waals surface area contributed by atoms with Gasteiger partial charge in [-0.3, -0.25) is 0 Å². The number of hydrogen-bond acceptors (Lipinski definition) is 2. The van der Waals surface area contributed by atoms with Crippen molar-refractivity contribution in [2.75, 3.05) is 6.23 Å². The van der Waals surface area contributed by atoms with Crippen molar-refractivity contribution in [3.8, 4) is 0 Å². The zero-order chi connectivity index (χ0) is 17.8. The van der Waals surface area contributed by atoms with Crippen LogP contribution in [0, 0.1) is 0 Å². The highest BCUT2D eigenvalue weighted by molar-refractivity contribution is 6.83. The van der Waals surface area contributed by atoms with Crippen LogP contribution in [0.2, 0.25) is 11.6 Å². The summed E-state index contributed by atoms with van der Waals surface area (Å²) < 4.78 is 6.12. The van der Waals surface area contributed by atoms with E-state index >= 15 is 0 Å². The summed E-state index contributed by atoms with van der Waals surface area (Å²) in [4.78, 5) is 0. The second-order valence-corrected chi connectivity index (χ2v) is 13.4. The molecule has 3 heteroatoms. The first kappa shape index (κ1) is 18.9. The zero-order valence-electron chi connectivity index (χ0n) is 15.5. The Labute approximate surface area is 147 Å². The molecule has 0 heterocycles. The Hall–Kier alpha value is -1.42. The molecule has 0 fully saturated rings. The van der Waals surface area contributed by atoms with Crippen molar-refractivity contribution in [3.63, 3.8) is 0 Å². The molecular weight excluding hydrogens is 312 g/mol. The molecule has 0 spiro atoms. The molecule has 0 saturated carbocycles. The first-order valence-corrected chi connectivity index (χ1v) is 11.3. The molecule has 0 bridgehead atoms. The second kappa shape index (κ2) is 7.22. The molecule has 2 aromatic carbocycles. The minimum absolute atomic E-state index is 0.00301. The molecule has 2 aromatic rings. The fourth-order valence-electron chi connectivity index (χ4n) is 3.12. The van der Waals surface area contributed by atoms with Gasteiger partial charge in [-0.15, -0.1) is 0 Å². The lowest BCUT2D eigenvalue weighted by Crippen LogP contribution is -2.61. The van der Waals surface area contributed by atoms with Crippen molar-refractivity contribution in [1.29, 1.82) is 0 Å². The predicted molar refractivity (Wildman–Crippen MR) is 103 cm³/mol. The number of ether oxygens (including phenoxy) is 1. The lowest BCUT2D eigenvalue weighted by atomic mass is 10.1. The van der Waals surface area contributed by atoms with E-state index in [1.807, 2.05) is 55.5 Å². The third-order valence-electron chi connectivity index (χ3n) is 5.57. The molecular formula is C21H30O2Si. The summed E-state index contributed by atoms with van der Waals surface area (Å²) in [6.07, 6.45) is 0.618. The van der Waals surface area contributed by atoms with Crippen molar-refractivity contribution >= 4 is 8.07 Å². The lowest BCUT2D eigenvalue weighted by molar-refractivity contribution is 0.102. The van der Waals surface area contributed by atoms with E-state index < -0.39 is 13.3 Å². The van der Waals surface area contributed by atoms with Crippen molar-refractivity contribution in [2.24, 2.45) is 0 Å². The highest BCUT2D eigenvalue weighted by Crippen LogP contribution is 2.47. The van der Waals surface area contributed by atoms with Crippen LogP contribution in [0.1, 0.15) is 38.8 Å². The Morgan fingerprint density at radius 3 is 1.88 bits per heavy atom. The smallest absolute Gasteiger partial charge is 0.127 e. The van der Waals surface area contributed by atoms with E-state index in [1.165, 1.54) is 5.56 Å². The van der Waals surface area contributed by atoms with Gasteiger partial charge in [0.15, 0.2) is 0 Å². The van der Waals surface area contributed by atoms with E-state index in [-0.39, 0.29) is 5.04 Å². The van der Waals surface area contributed by atoms with Gasteiger partial charge in [0.25, 0.3) is 0 Å². The van der Waals surface area contributed by atoms with Gasteiger partial charge in [0, 0.05) is 6.23 Å². The van der Waals surface area contributed by atoms with Crippen molar-refractivity contribution in [2.45, 2.75) is 51.1 Å². The van der Waals surface area contributed by atoms with E-state index in [2.05, 4.69) is 39.5 Å². The van der Waals surface area contributed by atoms with Gasteiger partial charge in [0.05, 0.1) is 11.8 Å². The van der Waals surface area contributed by atoms with E-state index in [9.17, 15) is 5.11 Å². The minimum atomic E-state index is -2.24. The molecule has 0 aliphatic heterocycles. The van der Waals surface area contributed by atoms with Gasteiger partial charge >= 0.3 is 0 Å². The summed E-state index contributed by atoms with van der Waals surface area (Å²) in [7, 11) is -2.24. The van der Waals surface area contributed by atoms with Gasteiger partial charge in [-0.25, -0.2) is 0 Å². The Morgan fingerprint density at radius 1 is 0.875 bits per heavy atom. The first-order valence-electron chi connectivity index (χ1n) is 8.58. The Bertz CT molecular complexity index is 632. The number of hydrogen-bond donors (Lipinski definition) is 1. The molecule has 0 aromatic heterocycles. The van der Waals surface area contributed by atoms with E-state index in [4.69, 9.17) is 4.74 Å². The summed E-state index contributed by atoms with van der Waals surface area (Å²) in [6.45, 7) is 11.5. The molecule has 0 radical (unpaired) electrons. The third-order valence-corrected chi connectivity index (χ3v) is 12.1. The lowest BCUT2D eigenvalue weighted by Gasteiger charge is -2.49. The van der Waals surface area contributed by atoms with Crippen LogP contribution >= 0.6 is 0 Å². The minimum Gasteiger partial charge on any atom is -0.389 e. The second-order valence-electron chi connectivity index (χ2n) is 8.00. The largest absolute Gasteiger partial charge is 0.389 e. The Balaban J connectivity index is 2.23. The molecule has 0 saturated heterocycles. The van der Waals surface area contributed by atoms with Crippen LogP contribution in [-0.2, 0) is 16.6 Å². The van der Waals surface area contributed by atoms with E-state index in [1.54, 1.807) is 0 Å². The summed E-state index contributed by atoms with van der Waals surface area (Å²) in [5.41, 5.74) is 2.15. The topological polar surface area (TPSA) is 29.5 Å². The normalized spacial score (nSPS) is 17.1. The molecule has 0 unspecified atom stereocenters. The molecule has 2 rings (SSSR count). The summed E-state index contributed by atoms with van der Waals surface area (Å²) in [6, 6.07) is 20.2. The number of aliphatic hydroxyl groups is 1. The van der Waals surface area contributed by atoms with Gasteiger partial charge in [-0.05, 0) is 23.1 Å². The first-order chi connectivity index (χ1) is 11.2. The molecule has 2 nitrogen and oxygen atoms in total. The maximum Gasteiger partial charge on any atom is 0.127 e. The highest BCUT2D eigenvalue weighted by Gasteiger charge is 2.54. The molecule has 0 amide bonds. The van der Waals surface area contributed by atoms with Crippen LogP contribution in [0.25, 0.3) is 0 Å². The van der Waals surface area contributed by atoms with E-state index in [0.29, 0.717) is 12.8 Å². The number of rotatable bonds is 6. The molecule has 0 aliphatic rings. The van der Waals surface area contributed by atoms with Crippen LogP contribution < -0.4 is 0 Å². The highest BCUT2D eigenvalue weighted by atomic mass is 28.3. The molecule has 1 N–H and O–H groups in total. The average molecular weight is 343 g/mol. The monoisotopic (exact) mass is 342 g/mol.